The molecule has 0 radical (unpaired) electrons. The Bertz CT molecular complexity index is 778. The van der Waals surface area contributed by atoms with E-state index in [1.165, 1.54) is 11.3 Å². The summed E-state index contributed by atoms with van der Waals surface area (Å²) >= 11 is 1.47. The number of amides is 1. The molecule has 0 saturated carbocycles. The van der Waals surface area contributed by atoms with E-state index in [9.17, 15) is 4.79 Å². The number of carbonyl (C=O) groups excluding carboxylic acids is 1. The first kappa shape index (κ1) is 16.5. The highest BCUT2D eigenvalue weighted by atomic mass is 32.1. The Morgan fingerprint density at radius 3 is 2.71 bits per heavy atom. The molecule has 1 N–H and O–H groups in total. The Labute approximate surface area is 145 Å². The normalized spacial score (nSPS) is 14.3. The summed E-state index contributed by atoms with van der Waals surface area (Å²) in [7, 11) is 1.64. The zero-order valence-corrected chi connectivity index (χ0v) is 14.8. The fraction of sp³-hybridized carbons (Fsp3) is 0.333. The maximum absolute atomic E-state index is 12.4. The van der Waals surface area contributed by atoms with Crippen LogP contribution in [0, 0.1) is 6.92 Å². The smallest absolute Gasteiger partial charge is 0.256 e. The van der Waals surface area contributed by atoms with Crippen LogP contribution in [0.1, 0.15) is 24.6 Å². The van der Waals surface area contributed by atoms with E-state index in [4.69, 9.17) is 9.47 Å². The number of nitrogens with one attached hydrogen (secondary N) is 1. The first-order chi connectivity index (χ1) is 11.6. The molecule has 0 atom stereocenters. The minimum absolute atomic E-state index is 0.123. The zero-order chi connectivity index (χ0) is 17.1. The fourth-order valence-corrected chi connectivity index (χ4v) is 3.48. The lowest BCUT2D eigenvalue weighted by molar-refractivity contribution is -0.113. The van der Waals surface area contributed by atoms with Gasteiger partial charge in [0.2, 0.25) is 0 Å². The van der Waals surface area contributed by atoms with Crippen molar-refractivity contribution in [2.45, 2.75) is 26.7 Å². The van der Waals surface area contributed by atoms with E-state index in [1.54, 1.807) is 7.11 Å². The predicted octanol–water partition coefficient (Wildman–Crippen LogP) is 4.15. The second-order valence-corrected chi connectivity index (χ2v) is 6.80. The largest absolute Gasteiger partial charge is 0.498 e. The standard InChI is InChI=1S/C18H20N2O3S/c1-11-15(5-4-10-23-11)17(21)20-18-19-16(12(2)24-18)13-6-8-14(22-3)9-7-13/h6-9H,4-5,10H2,1-3H3,(H,19,20,21). The van der Waals surface area contributed by atoms with Crippen molar-refractivity contribution < 1.29 is 14.3 Å². The molecule has 1 aliphatic rings. The quantitative estimate of drug-likeness (QED) is 0.905. The van der Waals surface area contributed by atoms with Gasteiger partial charge in [0.1, 0.15) is 11.5 Å². The summed E-state index contributed by atoms with van der Waals surface area (Å²) in [5, 5.41) is 3.51. The number of anilines is 1. The second-order valence-electron chi connectivity index (χ2n) is 5.59. The van der Waals surface area contributed by atoms with Crippen LogP contribution in [0.15, 0.2) is 35.6 Å². The van der Waals surface area contributed by atoms with Gasteiger partial charge in [0, 0.05) is 10.4 Å². The van der Waals surface area contributed by atoms with Crippen molar-refractivity contribution in [3.05, 3.63) is 40.5 Å². The molecule has 0 saturated heterocycles. The van der Waals surface area contributed by atoms with Crippen molar-refractivity contribution in [1.82, 2.24) is 4.98 Å². The van der Waals surface area contributed by atoms with E-state index in [0.717, 1.165) is 34.7 Å². The Kier molecular flexibility index (Phi) is 4.85. The molecule has 2 heterocycles. The summed E-state index contributed by atoms with van der Waals surface area (Å²) in [5.74, 6) is 1.39. The zero-order valence-electron chi connectivity index (χ0n) is 14.0. The van der Waals surface area contributed by atoms with Gasteiger partial charge in [0.05, 0.1) is 25.0 Å². The second kappa shape index (κ2) is 7.05. The van der Waals surface area contributed by atoms with E-state index >= 15 is 0 Å². The van der Waals surface area contributed by atoms with Crippen LogP contribution >= 0.6 is 11.3 Å². The monoisotopic (exact) mass is 344 g/mol. The number of allylic oxidation sites excluding steroid dienone is 1. The van der Waals surface area contributed by atoms with Crippen molar-refractivity contribution in [1.29, 1.82) is 0 Å². The highest BCUT2D eigenvalue weighted by Crippen LogP contribution is 2.32. The summed E-state index contributed by atoms with van der Waals surface area (Å²) in [6, 6.07) is 7.74. The third-order valence-corrected chi connectivity index (χ3v) is 4.86. The van der Waals surface area contributed by atoms with Crippen LogP contribution in [-0.4, -0.2) is 24.6 Å². The highest BCUT2D eigenvalue weighted by molar-refractivity contribution is 7.16. The number of hydrogen-bond donors (Lipinski definition) is 1. The van der Waals surface area contributed by atoms with Gasteiger partial charge in [-0.25, -0.2) is 4.98 Å². The van der Waals surface area contributed by atoms with Gasteiger partial charge in [0.25, 0.3) is 5.91 Å². The molecule has 24 heavy (non-hydrogen) atoms. The minimum atomic E-state index is -0.123. The van der Waals surface area contributed by atoms with E-state index < -0.39 is 0 Å². The van der Waals surface area contributed by atoms with Gasteiger partial charge in [0.15, 0.2) is 5.13 Å². The summed E-state index contributed by atoms with van der Waals surface area (Å²) in [5.41, 5.74) is 2.59. The Balaban J connectivity index is 1.79. The van der Waals surface area contributed by atoms with E-state index in [0.29, 0.717) is 23.1 Å². The molecule has 0 spiro atoms. The molecule has 6 heteroatoms. The Morgan fingerprint density at radius 2 is 2.04 bits per heavy atom. The minimum Gasteiger partial charge on any atom is -0.498 e. The molecule has 1 aromatic carbocycles. The topological polar surface area (TPSA) is 60.5 Å². The number of methoxy groups -OCH3 is 1. The van der Waals surface area contributed by atoms with E-state index in [-0.39, 0.29) is 5.91 Å². The van der Waals surface area contributed by atoms with Gasteiger partial charge in [-0.3, -0.25) is 10.1 Å². The number of aryl methyl sites for hydroxylation is 1. The Hall–Kier alpha value is -2.34. The third-order valence-electron chi connectivity index (χ3n) is 3.97. The number of benzene rings is 1. The summed E-state index contributed by atoms with van der Waals surface area (Å²) in [6.45, 7) is 4.52. The van der Waals surface area contributed by atoms with Crippen LogP contribution in [0.5, 0.6) is 5.75 Å². The van der Waals surface area contributed by atoms with Crippen LogP contribution in [0.25, 0.3) is 11.3 Å². The van der Waals surface area contributed by atoms with E-state index in [1.807, 2.05) is 38.1 Å². The van der Waals surface area contributed by atoms with E-state index in [2.05, 4.69) is 10.3 Å². The summed E-state index contributed by atoms with van der Waals surface area (Å²) in [6.07, 6.45) is 1.61. The third kappa shape index (κ3) is 3.43. The lowest BCUT2D eigenvalue weighted by Crippen LogP contribution is -2.19. The molecule has 0 fully saturated rings. The average molecular weight is 344 g/mol. The first-order valence-electron chi connectivity index (χ1n) is 7.84. The van der Waals surface area contributed by atoms with Crippen LogP contribution in [0.2, 0.25) is 0 Å². The van der Waals surface area contributed by atoms with Gasteiger partial charge in [-0.1, -0.05) is 0 Å². The lowest BCUT2D eigenvalue weighted by atomic mass is 10.1. The molecule has 0 unspecified atom stereocenters. The number of nitrogens with zero attached hydrogens (tertiary/aromatic N) is 1. The molecule has 126 valence electrons. The molecule has 2 aromatic rings. The molecular formula is C18H20N2O3S. The van der Waals surface area contributed by atoms with Gasteiger partial charge < -0.3 is 9.47 Å². The number of hydrogen-bond acceptors (Lipinski definition) is 5. The Morgan fingerprint density at radius 1 is 1.29 bits per heavy atom. The molecule has 3 rings (SSSR count). The van der Waals surface area contributed by atoms with Gasteiger partial charge >= 0.3 is 0 Å². The number of carbonyl (C=O) groups is 1. The first-order valence-corrected chi connectivity index (χ1v) is 8.66. The summed E-state index contributed by atoms with van der Waals surface area (Å²) in [4.78, 5) is 18.1. The van der Waals surface area contributed by atoms with Crippen molar-refractivity contribution >= 4 is 22.4 Å². The number of ether oxygens (including phenoxy) is 2. The molecule has 1 amide bonds. The molecule has 5 nitrogen and oxygen atoms in total. The predicted molar refractivity (Wildman–Crippen MR) is 95.4 cm³/mol. The maximum Gasteiger partial charge on any atom is 0.256 e. The van der Waals surface area contributed by atoms with Crippen LogP contribution < -0.4 is 10.1 Å². The van der Waals surface area contributed by atoms with Crippen LogP contribution in [0.3, 0.4) is 0 Å². The van der Waals surface area contributed by atoms with Gasteiger partial charge in [-0.15, -0.1) is 11.3 Å². The lowest BCUT2D eigenvalue weighted by Gasteiger charge is -2.17. The van der Waals surface area contributed by atoms with Crippen molar-refractivity contribution in [3.8, 4) is 17.0 Å². The fourth-order valence-electron chi connectivity index (χ4n) is 2.65. The van der Waals surface area contributed by atoms with Crippen LogP contribution in [0.4, 0.5) is 5.13 Å². The average Bonchev–Trinajstić information content (AvgIpc) is 2.95. The number of aromatic nitrogens is 1. The SMILES string of the molecule is COc1ccc(-c2nc(NC(=O)C3=C(C)OCCC3)sc2C)cc1. The summed E-state index contributed by atoms with van der Waals surface area (Å²) < 4.78 is 10.6. The van der Waals surface area contributed by atoms with Crippen LogP contribution in [-0.2, 0) is 9.53 Å². The molecular weight excluding hydrogens is 324 g/mol. The number of rotatable bonds is 4. The highest BCUT2D eigenvalue weighted by Gasteiger charge is 2.19. The molecule has 1 aromatic heterocycles. The van der Waals surface area contributed by atoms with Crippen molar-refractivity contribution in [2.24, 2.45) is 0 Å². The number of thiazole rings is 1. The molecule has 1 aliphatic heterocycles. The van der Waals surface area contributed by atoms with Gasteiger partial charge in [-0.05, 0) is 51.0 Å². The molecule has 0 bridgehead atoms. The van der Waals surface area contributed by atoms with Gasteiger partial charge in [-0.2, -0.15) is 0 Å². The van der Waals surface area contributed by atoms with Crippen molar-refractivity contribution in [2.75, 3.05) is 19.0 Å². The molecule has 0 aliphatic carbocycles. The maximum atomic E-state index is 12.4. The van der Waals surface area contributed by atoms with Crippen molar-refractivity contribution in [3.63, 3.8) is 0 Å².